The number of amides is 5. The Labute approximate surface area is 419 Å². The first-order valence-electron chi connectivity index (χ1n) is 23.2. The highest BCUT2D eigenvalue weighted by atomic mass is 32.2. The van der Waals surface area contributed by atoms with E-state index in [1.807, 2.05) is 0 Å². The molecular formula is C42H74N12O13S3. The van der Waals surface area contributed by atoms with Gasteiger partial charge in [0, 0.05) is 33.9 Å². The minimum Gasteiger partial charge on any atom is -0.480 e. The van der Waals surface area contributed by atoms with Gasteiger partial charge in [-0.3, -0.25) is 54.3 Å². The first-order valence-corrected chi connectivity index (χ1v) is 25.8. The third kappa shape index (κ3) is 17.3. The van der Waals surface area contributed by atoms with E-state index in [2.05, 4.69) is 42.5 Å². The summed E-state index contributed by atoms with van der Waals surface area (Å²) in [5, 5.41) is 58.5. The zero-order valence-electron chi connectivity index (χ0n) is 40.4. The fourth-order valence-corrected chi connectivity index (χ4v) is 12.4. The lowest BCUT2D eigenvalue weighted by Crippen LogP contribution is -2.54. The van der Waals surface area contributed by atoms with Crippen molar-refractivity contribution in [2.24, 2.45) is 22.9 Å². The van der Waals surface area contributed by atoms with Crippen LogP contribution in [0.4, 0.5) is 0 Å². The molecule has 0 aromatic carbocycles. The smallest absolute Gasteiger partial charge is 0.326 e. The SMILES string of the molecule is CC1(C)SC([C@H](N)C(=O)NCCCCC(N)C(=O)NC(CCCCNC(=O)[C@@H](N)C2N[C@@H](C(=O)O)C(C)(C)S2)C(=O)NC(CCCCNC(=O)[C@@H](N)C2N[C@@H](C(=O)O)C(C)(C)S2)C(=O)O)N[C@H]1C(=O)O. The van der Waals surface area contributed by atoms with Gasteiger partial charge in [-0.05, 0) is 99.3 Å². The van der Waals surface area contributed by atoms with Crippen molar-refractivity contribution in [2.45, 2.75) is 184 Å². The van der Waals surface area contributed by atoms with Crippen LogP contribution >= 0.6 is 35.3 Å². The number of hydrogen-bond donors (Lipinski definition) is 16. The standard InChI is InChI=1S/C42H74N12O13S3/c1-40(2)25(37(62)63)52-33(68-40)22(44)30(57)47-16-10-7-13-19(43)28(55)50-20(14-8-11-17-48-31(58)23(45)34-53-26(38(64)65)41(3,4)69-34)29(56)51-21(36(60)61)15-9-12-18-49-32(59)24(46)35-54-27(39(66)67)42(5,6)70-35/h19-27,33-35,52-54H,7-18,43-46H2,1-6H3,(H,47,57)(H,48,58)(H,49,59)(H,50,55)(H,51,56)(H,60,61)(H,62,63)(H,64,65)(H,66,67)/t19?,20?,21?,22-,23-,24-,25+,26+,27+,33?,34?,35?/m1/s1. The lowest BCUT2D eigenvalue weighted by molar-refractivity contribution is -0.142. The molecule has 70 heavy (non-hydrogen) atoms. The molecule has 3 aliphatic heterocycles. The summed E-state index contributed by atoms with van der Waals surface area (Å²) in [4.78, 5) is 113. The van der Waals surface area contributed by atoms with Crippen LogP contribution in [0.5, 0.6) is 0 Å². The number of carboxylic acid groups (broad SMARTS) is 4. The maximum Gasteiger partial charge on any atom is 0.326 e. The highest BCUT2D eigenvalue weighted by molar-refractivity contribution is 8.02. The molecule has 3 heterocycles. The zero-order valence-corrected chi connectivity index (χ0v) is 42.9. The Morgan fingerprint density at radius 3 is 1.06 bits per heavy atom. The van der Waals surface area contributed by atoms with Gasteiger partial charge >= 0.3 is 23.9 Å². The van der Waals surface area contributed by atoms with Crippen molar-refractivity contribution in [3.63, 3.8) is 0 Å². The van der Waals surface area contributed by atoms with Gasteiger partial charge in [0.2, 0.25) is 29.5 Å². The largest absolute Gasteiger partial charge is 0.480 e. The van der Waals surface area contributed by atoms with Crippen molar-refractivity contribution in [3.05, 3.63) is 0 Å². The van der Waals surface area contributed by atoms with Gasteiger partial charge in [0.05, 0.1) is 22.2 Å². The Hall–Kier alpha value is -4.00. The highest BCUT2D eigenvalue weighted by Gasteiger charge is 2.50. The number of thioether (sulfide) groups is 3. The fourth-order valence-electron chi connectivity index (χ4n) is 8.06. The van der Waals surface area contributed by atoms with Gasteiger partial charge in [0.1, 0.15) is 48.3 Å². The Bertz CT molecular complexity index is 1900. The summed E-state index contributed by atoms with van der Waals surface area (Å²) in [5.41, 5.74) is 24.6. The molecule has 0 saturated carbocycles. The molecule has 28 heteroatoms. The van der Waals surface area contributed by atoms with Crippen molar-refractivity contribution in [1.29, 1.82) is 0 Å². The maximum atomic E-state index is 13.7. The average Bonchev–Trinajstić information content (AvgIpc) is 3.91. The van der Waals surface area contributed by atoms with Crippen molar-refractivity contribution in [3.8, 4) is 0 Å². The average molecular weight is 1050 g/mol. The van der Waals surface area contributed by atoms with E-state index < -0.39 is 138 Å². The monoisotopic (exact) mass is 1050 g/mol. The Kier molecular flexibility index (Phi) is 22.9. The number of aliphatic carboxylic acids is 4. The van der Waals surface area contributed by atoms with Gasteiger partial charge in [-0.1, -0.05) is 0 Å². The molecule has 3 aliphatic rings. The van der Waals surface area contributed by atoms with Gasteiger partial charge in [0.15, 0.2) is 0 Å². The summed E-state index contributed by atoms with van der Waals surface area (Å²) in [6.45, 7) is 10.9. The Morgan fingerprint density at radius 1 is 0.457 bits per heavy atom. The van der Waals surface area contributed by atoms with Crippen LogP contribution in [0.15, 0.2) is 0 Å². The number of carbonyl (C=O) groups excluding carboxylic acids is 5. The first-order chi connectivity index (χ1) is 32.5. The minimum absolute atomic E-state index is 0.0166. The Morgan fingerprint density at radius 2 is 0.757 bits per heavy atom. The molecule has 0 aromatic heterocycles. The van der Waals surface area contributed by atoms with Crippen molar-refractivity contribution in [2.75, 3.05) is 19.6 Å². The predicted octanol–water partition coefficient (Wildman–Crippen LogP) is -3.11. The molecule has 0 spiro atoms. The van der Waals surface area contributed by atoms with Crippen molar-refractivity contribution >= 4 is 88.7 Å². The maximum absolute atomic E-state index is 13.7. The number of carboxylic acids is 4. The minimum atomic E-state index is -1.38. The molecule has 3 rings (SSSR count). The molecule has 0 radical (unpaired) electrons. The van der Waals surface area contributed by atoms with E-state index >= 15 is 0 Å². The van der Waals surface area contributed by atoms with Crippen LogP contribution in [0.3, 0.4) is 0 Å². The fraction of sp³-hybridized carbons (Fsp3) is 0.786. The molecule has 398 valence electrons. The third-order valence-electron chi connectivity index (χ3n) is 12.3. The normalized spacial score (nSPS) is 25.8. The summed E-state index contributed by atoms with van der Waals surface area (Å²) in [7, 11) is 0. The molecule has 3 saturated heterocycles. The number of nitrogens with one attached hydrogen (secondary N) is 8. The topological polar surface area (TPSA) is 435 Å². The number of rotatable bonds is 29. The molecule has 3 fully saturated rings. The van der Waals surface area contributed by atoms with Gasteiger partial charge in [-0.2, -0.15) is 0 Å². The summed E-state index contributed by atoms with van der Waals surface area (Å²) >= 11 is 3.75. The van der Waals surface area contributed by atoms with E-state index in [0.717, 1.165) is 0 Å². The van der Waals surface area contributed by atoms with Crippen LogP contribution < -0.4 is 65.5 Å². The molecule has 20 N–H and O–H groups in total. The van der Waals surface area contributed by atoms with Crippen LogP contribution in [0.25, 0.3) is 0 Å². The van der Waals surface area contributed by atoms with Crippen LogP contribution in [-0.2, 0) is 43.2 Å². The second-order valence-corrected chi connectivity index (χ2v) is 24.6. The highest BCUT2D eigenvalue weighted by Crippen LogP contribution is 2.40. The molecule has 12 atom stereocenters. The molecule has 0 bridgehead atoms. The van der Waals surface area contributed by atoms with Gasteiger partial charge in [0.25, 0.3) is 0 Å². The zero-order chi connectivity index (χ0) is 52.9. The summed E-state index contributed by atoms with van der Waals surface area (Å²) in [5.74, 6) is -7.55. The van der Waals surface area contributed by atoms with Crippen molar-refractivity contribution in [1.82, 2.24) is 42.5 Å². The third-order valence-corrected chi connectivity index (χ3v) is 16.8. The number of unbranched alkanes of at least 4 members (excludes halogenated alkanes) is 3. The van der Waals surface area contributed by atoms with E-state index in [1.54, 1.807) is 41.5 Å². The van der Waals surface area contributed by atoms with Gasteiger partial charge in [-0.15, -0.1) is 35.3 Å². The van der Waals surface area contributed by atoms with Crippen LogP contribution in [0, 0.1) is 0 Å². The Balaban J connectivity index is 1.53. The van der Waals surface area contributed by atoms with Crippen molar-refractivity contribution < 1.29 is 63.6 Å². The first kappa shape index (κ1) is 60.3. The number of carbonyl (C=O) groups is 9. The summed E-state index contributed by atoms with van der Waals surface area (Å²) < 4.78 is -2.13. The molecule has 25 nitrogen and oxygen atoms in total. The summed E-state index contributed by atoms with van der Waals surface area (Å²) in [6, 6.07) is -9.61. The van der Waals surface area contributed by atoms with Gasteiger partial charge < -0.3 is 69.9 Å². The van der Waals surface area contributed by atoms with E-state index in [9.17, 15) is 63.6 Å². The quantitative estimate of drug-likeness (QED) is 0.0330. The molecule has 0 aliphatic carbocycles. The van der Waals surface area contributed by atoms with E-state index in [0.29, 0.717) is 25.7 Å². The van der Waals surface area contributed by atoms with Crippen LogP contribution in [-0.4, -0.2) is 178 Å². The number of nitrogens with two attached hydrogens (primary N) is 4. The second-order valence-electron chi connectivity index (χ2n) is 19.2. The molecule has 6 unspecified atom stereocenters. The summed E-state index contributed by atoms with van der Waals surface area (Å²) in [6.07, 6.45) is 2.04. The molecule has 5 amide bonds. The van der Waals surface area contributed by atoms with E-state index in [4.69, 9.17) is 22.9 Å². The second kappa shape index (κ2) is 26.6. The van der Waals surface area contributed by atoms with Crippen LogP contribution in [0.2, 0.25) is 0 Å². The van der Waals surface area contributed by atoms with Crippen LogP contribution in [0.1, 0.15) is 99.3 Å². The molecular weight excluding hydrogens is 977 g/mol. The van der Waals surface area contributed by atoms with E-state index in [1.165, 1.54) is 35.3 Å². The van der Waals surface area contributed by atoms with Gasteiger partial charge in [-0.25, -0.2) is 4.79 Å². The molecule has 0 aromatic rings. The predicted molar refractivity (Wildman–Crippen MR) is 264 cm³/mol. The van der Waals surface area contributed by atoms with E-state index in [-0.39, 0.29) is 51.7 Å². The lowest BCUT2D eigenvalue weighted by Gasteiger charge is -2.23. The number of hydrogen-bond acceptors (Lipinski definition) is 19. The lowest BCUT2D eigenvalue weighted by atomic mass is 10.0.